The molecule has 1 amide bonds. The van der Waals surface area contributed by atoms with Gasteiger partial charge < -0.3 is 4.74 Å². The maximum atomic E-state index is 12.4. The molecule has 2 aromatic carbocycles. The Hall–Kier alpha value is -2.05. The van der Waals surface area contributed by atoms with Crippen molar-refractivity contribution in [3.05, 3.63) is 53.6 Å². The molecule has 1 heterocycles. The van der Waals surface area contributed by atoms with Crippen LogP contribution < -0.4 is 10.1 Å². The Morgan fingerprint density at radius 2 is 2.17 bits per heavy atom. The topological polar surface area (TPSA) is 51.2 Å². The van der Waals surface area contributed by atoms with Gasteiger partial charge in [0.2, 0.25) is 0 Å². The van der Waals surface area contributed by atoms with Crippen molar-refractivity contribution in [2.75, 3.05) is 18.7 Å². The fraction of sp³-hybridized carbons (Fsp3) is 0.176. The van der Waals surface area contributed by atoms with Crippen molar-refractivity contribution >= 4 is 44.4 Å². The number of ether oxygens (including phenoxy) is 1. The van der Waals surface area contributed by atoms with Gasteiger partial charge in [-0.15, -0.1) is 0 Å². The smallest absolute Gasteiger partial charge is 0.257 e. The van der Waals surface area contributed by atoms with Crippen molar-refractivity contribution in [1.82, 2.24) is 4.98 Å². The standard InChI is InChI=1S/C17H16N2O2S2/c1-21-13-6-7-14-15(9-13)23-17(18-14)19-16(20)12-5-3-4-11(8-12)10-22-2/h3-9H,10H2,1-2H3,(H,18,19,20). The van der Waals surface area contributed by atoms with Crippen LogP contribution in [-0.4, -0.2) is 24.3 Å². The SMILES string of the molecule is COc1ccc2nc(NC(=O)c3cccc(CSC)c3)sc2c1. The number of nitrogens with zero attached hydrogens (tertiary/aromatic N) is 1. The molecule has 0 spiro atoms. The minimum absolute atomic E-state index is 0.140. The summed E-state index contributed by atoms with van der Waals surface area (Å²) in [5.74, 6) is 1.53. The number of methoxy groups -OCH3 is 1. The molecular formula is C17H16N2O2S2. The number of amides is 1. The Kier molecular flexibility index (Phi) is 4.83. The summed E-state index contributed by atoms with van der Waals surface area (Å²) >= 11 is 3.17. The zero-order chi connectivity index (χ0) is 16.2. The molecule has 23 heavy (non-hydrogen) atoms. The molecule has 0 unspecified atom stereocenters. The molecule has 0 fully saturated rings. The van der Waals surface area contributed by atoms with E-state index in [9.17, 15) is 4.79 Å². The fourth-order valence-corrected chi connectivity index (χ4v) is 3.63. The molecule has 1 aromatic heterocycles. The first kappa shape index (κ1) is 15.8. The molecule has 0 saturated carbocycles. The van der Waals surface area contributed by atoms with E-state index in [2.05, 4.69) is 10.3 Å². The number of thioether (sulfide) groups is 1. The summed E-state index contributed by atoms with van der Waals surface area (Å²) in [6, 6.07) is 13.3. The van der Waals surface area contributed by atoms with E-state index in [1.165, 1.54) is 11.3 Å². The first-order chi connectivity index (χ1) is 11.2. The van der Waals surface area contributed by atoms with Gasteiger partial charge in [-0.1, -0.05) is 23.5 Å². The number of hydrogen-bond donors (Lipinski definition) is 1. The molecule has 0 bridgehead atoms. The van der Waals surface area contributed by atoms with Crippen molar-refractivity contribution in [1.29, 1.82) is 0 Å². The highest BCUT2D eigenvalue weighted by Gasteiger charge is 2.11. The predicted molar refractivity (Wildman–Crippen MR) is 97.8 cm³/mol. The minimum atomic E-state index is -0.140. The second-order valence-corrected chi connectivity index (χ2v) is 6.84. The average molecular weight is 344 g/mol. The van der Waals surface area contributed by atoms with E-state index in [0.29, 0.717) is 10.7 Å². The van der Waals surface area contributed by atoms with Crippen LogP contribution in [0.1, 0.15) is 15.9 Å². The lowest BCUT2D eigenvalue weighted by atomic mass is 10.1. The van der Waals surface area contributed by atoms with Crippen LogP contribution in [0.15, 0.2) is 42.5 Å². The van der Waals surface area contributed by atoms with E-state index in [1.54, 1.807) is 18.9 Å². The quantitative estimate of drug-likeness (QED) is 0.744. The van der Waals surface area contributed by atoms with Crippen molar-refractivity contribution in [3.63, 3.8) is 0 Å². The van der Waals surface area contributed by atoms with E-state index in [1.807, 2.05) is 48.7 Å². The van der Waals surface area contributed by atoms with Gasteiger partial charge in [0.05, 0.1) is 17.3 Å². The van der Waals surface area contributed by atoms with Gasteiger partial charge in [0.15, 0.2) is 5.13 Å². The molecule has 0 atom stereocenters. The highest BCUT2D eigenvalue weighted by atomic mass is 32.2. The number of aromatic nitrogens is 1. The van der Waals surface area contributed by atoms with Crippen LogP contribution in [0, 0.1) is 0 Å². The summed E-state index contributed by atoms with van der Waals surface area (Å²) in [6.07, 6.45) is 2.04. The van der Waals surface area contributed by atoms with Crippen LogP contribution >= 0.6 is 23.1 Å². The summed E-state index contributed by atoms with van der Waals surface area (Å²) in [5.41, 5.74) is 2.63. The van der Waals surface area contributed by atoms with Crippen LogP contribution in [0.25, 0.3) is 10.2 Å². The van der Waals surface area contributed by atoms with Gasteiger partial charge in [-0.3, -0.25) is 10.1 Å². The monoisotopic (exact) mass is 344 g/mol. The number of hydrogen-bond acceptors (Lipinski definition) is 5. The van der Waals surface area contributed by atoms with Gasteiger partial charge in [0, 0.05) is 11.3 Å². The van der Waals surface area contributed by atoms with Crippen molar-refractivity contribution in [2.24, 2.45) is 0 Å². The highest BCUT2D eigenvalue weighted by Crippen LogP contribution is 2.29. The van der Waals surface area contributed by atoms with Crippen molar-refractivity contribution < 1.29 is 9.53 Å². The van der Waals surface area contributed by atoms with Crippen molar-refractivity contribution in [3.8, 4) is 5.75 Å². The van der Waals surface area contributed by atoms with E-state index >= 15 is 0 Å². The number of rotatable bonds is 5. The lowest BCUT2D eigenvalue weighted by Gasteiger charge is -2.04. The number of nitrogens with one attached hydrogen (secondary N) is 1. The first-order valence-corrected chi connectivity index (χ1v) is 9.24. The van der Waals surface area contributed by atoms with E-state index < -0.39 is 0 Å². The van der Waals surface area contributed by atoms with Crippen molar-refractivity contribution in [2.45, 2.75) is 5.75 Å². The van der Waals surface area contributed by atoms with E-state index in [-0.39, 0.29) is 5.91 Å². The normalized spacial score (nSPS) is 10.7. The summed E-state index contributed by atoms with van der Waals surface area (Å²) in [6.45, 7) is 0. The summed E-state index contributed by atoms with van der Waals surface area (Å²) in [7, 11) is 1.63. The number of benzene rings is 2. The lowest BCUT2D eigenvalue weighted by molar-refractivity contribution is 0.102. The number of carbonyl (C=O) groups is 1. The van der Waals surface area contributed by atoms with Gasteiger partial charge in [0.1, 0.15) is 5.75 Å². The Morgan fingerprint density at radius 3 is 2.96 bits per heavy atom. The first-order valence-electron chi connectivity index (χ1n) is 7.03. The Labute approximate surface area is 142 Å². The molecule has 4 nitrogen and oxygen atoms in total. The van der Waals surface area contributed by atoms with Gasteiger partial charge in [-0.2, -0.15) is 11.8 Å². The summed E-state index contributed by atoms with van der Waals surface area (Å²) in [5, 5.41) is 3.47. The fourth-order valence-electron chi connectivity index (χ4n) is 2.22. The molecule has 6 heteroatoms. The predicted octanol–water partition coefficient (Wildman–Crippen LogP) is 4.42. The zero-order valence-corrected chi connectivity index (χ0v) is 14.5. The van der Waals surface area contributed by atoms with E-state index in [4.69, 9.17) is 4.74 Å². The zero-order valence-electron chi connectivity index (χ0n) is 12.8. The molecule has 0 radical (unpaired) electrons. The van der Waals surface area contributed by atoms with E-state index in [0.717, 1.165) is 27.3 Å². The number of anilines is 1. The Morgan fingerprint density at radius 1 is 1.30 bits per heavy atom. The minimum Gasteiger partial charge on any atom is -0.497 e. The molecule has 1 N–H and O–H groups in total. The lowest BCUT2D eigenvalue weighted by Crippen LogP contribution is -2.11. The van der Waals surface area contributed by atoms with Gasteiger partial charge in [-0.05, 0) is 42.2 Å². The third-order valence-electron chi connectivity index (χ3n) is 3.32. The van der Waals surface area contributed by atoms with Crippen LogP contribution in [-0.2, 0) is 5.75 Å². The molecule has 3 aromatic rings. The molecule has 0 aliphatic heterocycles. The maximum absolute atomic E-state index is 12.4. The molecule has 118 valence electrons. The van der Waals surface area contributed by atoms with Crippen LogP contribution in [0.5, 0.6) is 5.75 Å². The highest BCUT2D eigenvalue weighted by molar-refractivity contribution is 7.97. The molecule has 3 rings (SSSR count). The second-order valence-electron chi connectivity index (χ2n) is 4.94. The Bertz CT molecular complexity index is 845. The number of fused-ring (bicyclic) bond motifs is 1. The molecule has 0 aliphatic carbocycles. The summed E-state index contributed by atoms with van der Waals surface area (Å²) in [4.78, 5) is 16.8. The number of carbonyl (C=O) groups excluding carboxylic acids is 1. The number of thiazole rings is 1. The average Bonchev–Trinajstić information content (AvgIpc) is 2.96. The summed E-state index contributed by atoms with van der Waals surface area (Å²) < 4.78 is 6.19. The Balaban J connectivity index is 1.80. The van der Waals surface area contributed by atoms with Crippen LogP contribution in [0.2, 0.25) is 0 Å². The molecular weight excluding hydrogens is 328 g/mol. The third kappa shape index (κ3) is 3.65. The van der Waals surface area contributed by atoms with Gasteiger partial charge >= 0.3 is 0 Å². The maximum Gasteiger partial charge on any atom is 0.257 e. The largest absolute Gasteiger partial charge is 0.497 e. The third-order valence-corrected chi connectivity index (χ3v) is 4.87. The van der Waals surface area contributed by atoms with Crippen LogP contribution in [0.4, 0.5) is 5.13 Å². The van der Waals surface area contributed by atoms with Crippen LogP contribution in [0.3, 0.4) is 0 Å². The molecule has 0 aliphatic rings. The van der Waals surface area contributed by atoms with Gasteiger partial charge in [0.25, 0.3) is 5.91 Å². The second kappa shape index (κ2) is 7.02. The van der Waals surface area contributed by atoms with Gasteiger partial charge in [-0.25, -0.2) is 4.98 Å². The molecule has 0 saturated heterocycles.